The summed E-state index contributed by atoms with van der Waals surface area (Å²) in [7, 11) is -2.29. The van der Waals surface area contributed by atoms with Crippen molar-refractivity contribution in [3.63, 3.8) is 0 Å². The highest BCUT2D eigenvalue weighted by Crippen LogP contribution is 2.28. The number of anilines is 1. The van der Waals surface area contributed by atoms with Gasteiger partial charge >= 0.3 is 12.1 Å². The zero-order valence-corrected chi connectivity index (χ0v) is 21.5. The Morgan fingerprint density at radius 3 is 2.50 bits per heavy atom. The van der Waals surface area contributed by atoms with E-state index in [1.54, 1.807) is 47.7 Å². The van der Waals surface area contributed by atoms with Crippen LogP contribution in [0.2, 0.25) is 0 Å². The predicted octanol–water partition coefficient (Wildman–Crippen LogP) is 3.63. The number of halogens is 3. The van der Waals surface area contributed by atoms with Crippen molar-refractivity contribution in [3.8, 4) is 5.75 Å². The summed E-state index contributed by atoms with van der Waals surface area (Å²) in [6.45, 7) is 0.827. The molecule has 0 spiro atoms. The second kappa shape index (κ2) is 11.7. The second-order valence-electron chi connectivity index (χ2n) is 7.89. The second-order valence-corrected chi connectivity index (χ2v) is 10.5. The number of hydrogen-bond donors (Lipinski definition) is 3. The van der Waals surface area contributed by atoms with Gasteiger partial charge in [0.15, 0.2) is 0 Å². The van der Waals surface area contributed by atoms with E-state index >= 15 is 0 Å². The first-order valence-corrected chi connectivity index (χ1v) is 13.2. The van der Waals surface area contributed by atoms with Gasteiger partial charge in [0.2, 0.25) is 5.91 Å². The average molecular weight is 573 g/mol. The minimum Gasteiger partial charge on any atom is -0.497 e. The molecule has 2 aromatic carbocycles. The van der Waals surface area contributed by atoms with Gasteiger partial charge in [0.1, 0.15) is 18.3 Å². The third kappa shape index (κ3) is 7.13. The molecule has 0 aliphatic carbocycles. The van der Waals surface area contributed by atoms with Gasteiger partial charge in [0, 0.05) is 13.0 Å². The first kappa shape index (κ1) is 28.7. The van der Waals surface area contributed by atoms with Crippen molar-refractivity contribution < 1.29 is 41.0 Å². The minimum atomic E-state index is -5.08. The van der Waals surface area contributed by atoms with E-state index in [4.69, 9.17) is 20.4 Å². The topological polar surface area (TPSA) is 151 Å². The first-order chi connectivity index (χ1) is 17.8. The molecule has 10 nitrogen and oxygen atoms in total. The number of carbonyl (C=O) groups excluding carboxylic acids is 1. The lowest BCUT2D eigenvalue weighted by Gasteiger charge is -2.13. The zero-order valence-electron chi connectivity index (χ0n) is 19.9. The third-order valence-corrected chi connectivity index (χ3v) is 7.60. The number of nitrogens with two attached hydrogens (primary N) is 1. The summed E-state index contributed by atoms with van der Waals surface area (Å²) < 4.78 is 65.6. The predicted molar refractivity (Wildman–Crippen MR) is 136 cm³/mol. The van der Waals surface area contributed by atoms with Crippen LogP contribution in [0.15, 0.2) is 57.7 Å². The number of benzene rings is 2. The van der Waals surface area contributed by atoms with Gasteiger partial charge in [-0.15, -0.1) is 11.3 Å². The van der Waals surface area contributed by atoms with Crippen LogP contribution in [0, 0.1) is 0 Å². The number of sulfonamides is 1. The Balaban J connectivity index is 0.000000505. The van der Waals surface area contributed by atoms with Crippen LogP contribution in [0.25, 0.3) is 10.8 Å². The number of amides is 1. The van der Waals surface area contributed by atoms with E-state index in [-0.39, 0.29) is 23.3 Å². The minimum absolute atomic E-state index is 0.0524. The molecule has 1 amide bonds. The summed E-state index contributed by atoms with van der Waals surface area (Å²) in [6, 6.07) is 12.0. The number of nitrogens with one attached hydrogen (secondary N) is 1. The van der Waals surface area contributed by atoms with Crippen LogP contribution in [0.3, 0.4) is 0 Å². The number of aliphatic carboxylic acids is 1. The molecule has 0 atom stereocenters. The summed E-state index contributed by atoms with van der Waals surface area (Å²) >= 11 is 1.28. The van der Waals surface area contributed by atoms with Gasteiger partial charge in [-0.05, 0) is 52.9 Å². The number of fused-ring (bicyclic) bond motifs is 1. The van der Waals surface area contributed by atoms with Gasteiger partial charge in [-0.3, -0.25) is 9.52 Å². The normalized spacial score (nSPS) is 14.3. The molecule has 0 unspecified atom stereocenters. The van der Waals surface area contributed by atoms with Crippen LogP contribution in [0.4, 0.5) is 18.9 Å². The van der Waals surface area contributed by atoms with E-state index in [1.165, 1.54) is 11.3 Å². The van der Waals surface area contributed by atoms with Gasteiger partial charge in [0.25, 0.3) is 10.0 Å². The van der Waals surface area contributed by atoms with Gasteiger partial charge in [-0.1, -0.05) is 12.1 Å². The summed E-state index contributed by atoms with van der Waals surface area (Å²) in [5.41, 5.74) is 6.45. The molecule has 1 aliphatic heterocycles. The van der Waals surface area contributed by atoms with E-state index in [9.17, 15) is 26.4 Å². The van der Waals surface area contributed by atoms with Crippen LogP contribution in [-0.4, -0.2) is 62.6 Å². The van der Waals surface area contributed by atoms with Crippen molar-refractivity contribution in [3.05, 3.63) is 52.7 Å². The molecule has 2 heterocycles. The Hall–Kier alpha value is -3.85. The molecule has 1 aliphatic rings. The smallest absolute Gasteiger partial charge is 0.490 e. The number of alkyl halides is 3. The molecule has 15 heteroatoms. The number of ether oxygens (including phenoxy) is 1. The number of nitrogens with zero attached hydrogens (tertiary/aromatic N) is 2. The van der Waals surface area contributed by atoms with Crippen molar-refractivity contribution in [1.29, 1.82) is 0 Å². The number of rotatable bonds is 7. The van der Waals surface area contributed by atoms with Crippen LogP contribution in [-0.2, 0) is 19.6 Å². The number of carbonyl (C=O) groups is 2. The Morgan fingerprint density at radius 2 is 1.89 bits per heavy atom. The fraction of sp³-hybridized carbons (Fsp3) is 0.261. The molecule has 1 aromatic heterocycles. The maximum absolute atomic E-state index is 13.0. The number of hydrogen-bond acceptors (Lipinski definition) is 7. The van der Waals surface area contributed by atoms with Crippen LogP contribution in [0.1, 0.15) is 17.7 Å². The fourth-order valence-electron chi connectivity index (χ4n) is 3.38. The van der Waals surface area contributed by atoms with E-state index < -0.39 is 22.2 Å². The van der Waals surface area contributed by atoms with Crippen molar-refractivity contribution in [1.82, 2.24) is 4.90 Å². The van der Waals surface area contributed by atoms with Gasteiger partial charge in [-0.2, -0.15) is 13.2 Å². The van der Waals surface area contributed by atoms with E-state index in [2.05, 4.69) is 9.71 Å². The first-order valence-electron chi connectivity index (χ1n) is 10.9. The van der Waals surface area contributed by atoms with Crippen LogP contribution < -0.4 is 15.2 Å². The molecule has 1 fully saturated rings. The molecule has 1 saturated heterocycles. The van der Waals surface area contributed by atoms with Gasteiger partial charge in [-0.25, -0.2) is 18.2 Å². The molecule has 0 saturated carbocycles. The van der Waals surface area contributed by atoms with E-state index in [1.807, 2.05) is 12.1 Å². The standard InChI is InChI=1S/C21H22N4O4S2.C2HF3O2/c1-29-16-6-4-14-5-7-17(12-15(14)11-16)31(27,28)24-18-8-10-30-20(18)21(22)23-13-25-9-2-3-19(25)26;3-2(4,5)1(6)7/h4-8,10-12,24H,2-3,9,13H2,1H3,(H2,22,23);(H,6,7). The quantitative estimate of drug-likeness (QED) is 0.289. The number of aliphatic imine (C=N–C) groups is 1. The van der Waals surface area contributed by atoms with Crippen molar-refractivity contribution in [2.24, 2.45) is 10.7 Å². The molecule has 0 bridgehead atoms. The monoisotopic (exact) mass is 572 g/mol. The Bertz CT molecular complexity index is 1470. The SMILES string of the molecule is COc1ccc2ccc(S(=O)(=O)Nc3ccsc3C(N)=NCN3CCCC3=O)cc2c1.O=C(O)C(F)(F)F. The maximum Gasteiger partial charge on any atom is 0.490 e. The average Bonchev–Trinajstić information content (AvgIpc) is 3.49. The molecule has 0 radical (unpaired) electrons. The summed E-state index contributed by atoms with van der Waals surface area (Å²) in [5, 5.41) is 10.5. The summed E-state index contributed by atoms with van der Waals surface area (Å²) in [6.07, 6.45) is -3.74. The molecule has 3 aromatic rings. The van der Waals surface area contributed by atoms with Crippen LogP contribution >= 0.6 is 11.3 Å². The largest absolute Gasteiger partial charge is 0.497 e. The Kier molecular flexibility index (Phi) is 8.83. The maximum atomic E-state index is 13.0. The number of methoxy groups -OCH3 is 1. The zero-order chi connectivity index (χ0) is 28.1. The summed E-state index contributed by atoms with van der Waals surface area (Å²) in [4.78, 5) is 27.2. The Morgan fingerprint density at radius 1 is 1.21 bits per heavy atom. The molecule has 4 rings (SSSR count). The van der Waals surface area contributed by atoms with Crippen LogP contribution in [0.5, 0.6) is 5.75 Å². The highest BCUT2D eigenvalue weighted by atomic mass is 32.2. The van der Waals surface area contributed by atoms with E-state index in [0.717, 1.165) is 17.2 Å². The molecular weight excluding hydrogens is 549 g/mol. The Labute approximate surface area is 219 Å². The highest BCUT2D eigenvalue weighted by Gasteiger charge is 2.38. The molecule has 38 heavy (non-hydrogen) atoms. The summed E-state index contributed by atoms with van der Waals surface area (Å²) in [5.74, 6) is -1.87. The van der Waals surface area contributed by atoms with Crippen molar-refractivity contribution in [2.45, 2.75) is 23.9 Å². The van der Waals surface area contributed by atoms with Gasteiger partial charge < -0.3 is 20.5 Å². The molecular formula is C23H23F3N4O6S2. The number of thiophene rings is 1. The lowest BCUT2D eigenvalue weighted by molar-refractivity contribution is -0.192. The van der Waals surface area contributed by atoms with Gasteiger partial charge in [0.05, 0.1) is 22.6 Å². The van der Waals surface area contributed by atoms with Crippen molar-refractivity contribution in [2.75, 3.05) is 25.0 Å². The number of carboxylic acid groups (broad SMARTS) is 1. The number of carboxylic acids is 1. The lowest BCUT2D eigenvalue weighted by atomic mass is 10.1. The lowest BCUT2D eigenvalue weighted by Crippen LogP contribution is -2.27. The van der Waals surface area contributed by atoms with E-state index in [0.29, 0.717) is 29.3 Å². The third-order valence-electron chi connectivity index (χ3n) is 5.30. The number of likely N-dealkylation sites (tertiary alicyclic amines) is 1. The fourth-order valence-corrected chi connectivity index (χ4v) is 5.32. The molecule has 204 valence electrons. The molecule has 4 N–H and O–H groups in total. The highest BCUT2D eigenvalue weighted by molar-refractivity contribution is 7.92. The van der Waals surface area contributed by atoms with Crippen molar-refractivity contribution >= 4 is 55.5 Å². The number of amidine groups is 1.